The van der Waals surface area contributed by atoms with Crippen LogP contribution in [0.2, 0.25) is 0 Å². The fourth-order valence-corrected chi connectivity index (χ4v) is 2.63. The summed E-state index contributed by atoms with van der Waals surface area (Å²) >= 11 is 0. The smallest absolute Gasteiger partial charge is 0.267 e. The largest absolute Gasteiger partial charge is 0.281 e. The van der Waals surface area contributed by atoms with Crippen molar-refractivity contribution >= 4 is 34.4 Å². The average molecular weight is 264 g/mol. The van der Waals surface area contributed by atoms with Crippen LogP contribution in [-0.4, -0.2) is 23.6 Å². The first-order chi connectivity index (χ1) is 9.58. The molecule has 2 aromatic carbocycles. The van der Waals surface area contributed by atoms with Crippen LogP contribution in [0.1, 0.15) is 41.4 Å². The van der Waals surface area contributed by atoms with E-state index in [1.165, 1.54) is 24.3 Å². The van der Waals surface area contributed by atoms with Gasteiger partial charge in [-0.1, -0.05) is 0 Å². The van der Waals surface area contributed by atoms with Crippen LogP contribution in [0, 0.1) is 0 Å². The van der Waals surface area contributed by atoms with E-state index in [-0.39, 0.29) is 22.3 Å². The van der Waals surface area contributed by atoms with Crippen molar-refractivity contribution in [2.45, 2.75) is 0 Å². The van der Waals surface area contributed by atoms with Gasteiger partial charge in [-0.15, -0.1) is 0 Å². The third-order valence-corrected chi connectivity index (χ3v) is 3.49. The maximum Gasteiger partial charge on any atom is 0.281 e. The minimum absolute atomic E-state index is 0.225. The fourth-order valence-electron chi connectivity index (χ4n) is 2.63. The minimum Gasteiger partial charge on any atom is -0.267 e. The lowest BCUT2D eigenvalue weighted by molar-refractivity contribution is 0.0817. The zero-order chi connectivity index (χ0) is 14.0. The highest BCUT2D eigenvalue weighted by atomic mass is 16.2. The Morgan fingerprint density at radius 1 is 0.500 bits per heavy atom. The van der Waals surface area contributed by atoms with Crippen LogP contribution in [0.5, 0.6) is 0 Å². The number of nitrogens with zero attached hydrogens (tertiary/aromatic N) is 2. The summed E-state index contributed by atoms with van der Waals surface area (Å²) in [7, 11) is 0. The van der Waals surface area contributed by atoms with E-state index < -0.39 is 23.6 Å². The molecule has 94 valence electrons. The Bertz CT molecular complexity index is 743. The van der Waals surface area contributed by atoms with E-state index in [0.717, 1.165) is 0 Å². The number of hydrogen-bond acceptors (Lipinski definition) is 4. The summed E-state index contributed by atoms with van der Waals surface area (Å²) in [6.07, 6.45) is 0. The SMILES string of the molecule is O=C1[N]C(=O)c2ccc3c4c(ccc1c24)C(=O)[N]C3=O. The van der Waals surface area contributed by atoms with Gasteiger partial charge in [-0.3, -0.25) is 19.2 Å². The first-order valence-electron chi connectivity index (χ1n) is 5.78. The molecular formula is C14H4N2O4. The topological polar surface area (TPSA) is 96.5 Å². The monoisotopic (exact) mass is 264 g/mol. The van der Waals surface area contributed by atoms with Gasteiger partial charge in [0.1, 0.15) is 0 Å². The Balaban J connectivity index is 2.29. The fraction of sp³-hybridized carbons (Fsp3) is 0. The normalized spacial score (nSPS) is 16.2. The van der Waals surface area contributed by atoms with Gasteiger partial charge in [-0.25, -0.2) is 0 Å². The quantitative estimate of drug-likeness (QED) is 0.652. The Morgan fingerprint density at radius 2 is 0.750 bits per heavy atom. The predicted octanol–water partition coefficient (Wildman–Crippen LogP) is 0.637. The summed E-state index contributed by atoms with van der Waals surface area (Å²) in [4.78, 5) is 47.2. The number of imide groups is 2. The molecule has 0 fully saturated rings. The summed E-state index contributed by atoms with van der Waals surface area (Å²) in [5.41, 5.74) is 0.899. The number of amides is 4. The number of carbonyl (C=O) groups excluding carboxylic acids is 4. The van der Waals surface area contributed by atoms with Gasteiger partial charge in [0.2, 0.25) is 0 Å². The molecule has 0 N–H and O–H groups in total. The molecule has 0 atom stereocenters. The lowest BCUT2D eigenvalue weighted by Crippen LogP contribution is -2.32. The zero-order valence-corrected chi connectivity index (χ0v) is 9.84. The van der Waals surface area contributed by atoms with Gasteiger partial charge in [0, 0.05) is 10.8 Å². The van der Waals surface area contributed by atoms with Crippen molar-refractivity contribution in [3.63, 3.8) is 0 Å². The van der Waals surface area contributed by atoms with Crippen LogP contribution in [0.4, 0.5) is 0 Å². The molecule has 2 aromatic rings. The van der Waals surface area contributed by atoms with E-state index in [2.05, 4.69) is 10.6 Å². The van der Waals surface area contributed by atoms with Crippen molar-refractivity contribution in [2.24, 2.45) is 0 Å². The van der Waals surface area contributed by atoms with Crippen molar-refractivity contribution in [1.82, 2.24) is 10.6 Å². The van der Waals surface area contributed by atoms with Crippen LogP contribution in [0.15, 0.2) is 24.3 Å². The van der Waals surface area contributed by atoms with Gasteiger partial charge in [-0.05, 0) is 24.3 Å². The zero-order valence-electron chi connectivity index (χ0n) is 9.84. The molecule has 0 bridgehead atoms. The van der Waals surface area contributed by atoms with Gasteiger partial charge >= 0.3 is 0 Å². The molecule has 0 saturated carbocycles. The summed E-state index contributed by atoms with van der Waals surface area (Å²) in [5.74, 6) is -2.63. The van der Waals surface area contributed by atoms with Gasteiger partial charge in [0.15, 0.2) is 0 Å². The first kappa shape index (κ1) is 10.9. The minimum atomic E-state index is -0.659. The van der Waals surface area contributed by atoms with Gasteiger partial charge in [-0.2, -0.15) is 10.6 Å². The number of hydrogen-bond donors (Lipinski definition) is 0. The van der Waals surface area contributed by atoms with Crippen molar-refractivity contribution in [3.05, 3.63) is 46.5 Å². The molecular weight excluding hydrogens is 260 g/mol. The molecule has 0 aromatic heterocycles. The summed E-state index contributed by atoms with van der Waals surface area (Å²) in [6, 6.07) is 5.75. The van der Waals surface area contributed by atoms with E-state index in [4.69, 9.17) is 0 Å². The second-order valence-corrected chi connectivity index (χ2v) is 4.52. The van der Waals surface area contributed by atoms with Gasteiger partial charge < -0.3 is 0 Å². The molecule has 2 radical (unpaired) electrons. The Morgan fingerprint density at radius 3 is 1.00 bits per heavy atom. The molecule has 0 aliphatic carbocycles. The van der Waals surface area contributed by atoms with E-state index in [1.54, 1.807) is 0 Å². The van der Waals surface area contributed by atoms with Crippen molar-refractivity contribution in [3.8, 4) is 0 Å². The van der Waals surface area contributed by atoms with Crippen LogP contribution in [0.25, 0.3) is 10.8 Å². The van der Waals surface area contributed by atoms with Crippen molar-refractivity contribution in [1.29, 1.82) is 0 Å². The lowest BCUT2D eigenvalue weighted by atomic mass is 9.87. The molecule has 4 rings (SSSR count). The van der Waals surface area contributed by atoms with Crippen molar-refractivity contribution < 1.29 is 19.2 Å². The molecule has 6 nitrogen and oxygen atoms in total. The summed E-state index contributed by atoms with van der Waals surface area (Å²) in [5, 5.41) is 7.48. The Labute approximate surface area is 111 Å². The predicted molar refractivity (Wildman–Crippen MR) is 65.5 cm³/mol. The molecule has 0 saturated heterocycles. The lowest BCUT2D eigenvalue weighted by Gasteiger charge is -2.20. The Kier molecular flexibility index (Phi) is 1.79. The van der Waals surface area contributed by atoms with E-state index in [9.17, 15) is 19.2 Å². The summed E-state index contributed by atoms with van der Waals surface area (Å²) < 4.78 is 0. The molecule has 6 heteroatoms. The molecule has 2 aliphatic rings. The number of rotatable bonds is 0. The van der Waals surface area contributed by atoms with E-state index in [1.807, 2.05) is 0 Å². The van der Waals surface area contributed by atoms with Gasteiger partial charge in [0.25, 0.3) is 23.6 Å². The van der Waals surface area contributed by atoms with Gasteiger partial charge in [0.05, 0.1) is 22.3 Å². The number of carbonyl (C=O) groups is 4. The maximum absolute atomic E-state index is 11.8. The standard InChI is InChI=1S/C14H4N2O4/c17-11-5-1-2-6-10-8(14(20)16-12(6)18)4-3-7(9(5)10)13(19)15-11/h1-4H. The number of benzene rings is 2. The first-order valence-corrected chi connectivity index (χ1v) is 5.78. The molecule has 2 heterocycles. The summed E-state index contributed by atoms with van der Waals surface area (Å²) in [6.45, 7) is 0. The van der Waals surface area contributed by atoms with Crippen LogP contribution < -0.4 is 10.6 Å². The second kappa shape index (κ2) is 3.30. The van der Waals surface area contributed by atoms with Crippen LogP contribution in [0.3, 0.4) is 0 Å². The molecule has 0 unspecified atom stereocenters. The van der Waals surface area contributed by atoms with Crippen LogP contribution in [-0.2, 0) is 0 Å². The second-order valence-electron chi connectivity index (χ2n) is 4.52. The Hall–Kier alpha value is -3.02. The highest BCUT2D eigenvalue weighted by molar-refractivity contribution is 6.33. The molecule has 0 spiro atoms. The molecule has 20 heavy (non-hydrogen) atoms. The average Bonchev–Trinajstić information content (AvgIpc) is 2.42. The highest BCUT2D eigenvalue weighted by Gasteiger charge is 2.34. The van der Waals surface area contributed by atoms with Crippen molar-refractivity contribution in [2.75, 3.05) is 0 Å². The molecule has 4 amide bonds. The third-order valence-electron chi connectivity index (χ3n) is 3.49. The van der Waals surface area contributed by atoms with E-state index >= 15 is 0 Å². The van der Waals surface area contributed by atoms with Crippen LogP contribution >= 0.6 is 0 Å². The van der Waals surface area contributed by atoms with E-state index in [0.29, 0.717) is 10.8 Å². The maximum atomic E-state index is 11.8. The third kappa shape index (κ3) is 1.13. The highest BCUT2D eigenvalue weighted by Crippen LogP contribution is 2.34. The molecule has 2 aliphatic heterocycles.